The van der Waals surface area contributed by atoms with E-state index in [0.717, 1.165) is 32.8 Å². The fourth-order valence-electron chi connectivity index (χ4n) is 2.22. The van der Waals surface area contributed by atoms with Gasteiger partial charge in [-0.2, -0.15) is 0 Å². The number of morpholine rings is 1. The second-order valence-electron chi connectivity index (χ2n) is 4.02. The highest BCUT2D eigenvalue weighted by Gasteiger charge is 2.36. The Morgan fingerprint density at radius 2 is 1.62 bits per heavy atom. The lowest BCUT2D eigenvalue weighted by Crippen LogP contribution is -2.55. The van der Waals surface area contributed by atoms with E-state index in [2.05, 4.69) is 17.3 Å². The van der Waals surface area contributed by atoms with Crippen molar-refractivity contribution in [2.75, 3.05) is 39.8 Å². The van der Waals surface area contributed by atoms with Gasteiger partial charge in [0.15, 0.2) is 0 Å². The minimum atomic E-state index is 0.193. The molecule has 2 heterocycles. The molecule has 0 bridgehead atoms. The second-order valence-corrected chi connectivity index (χ2v) is 4.02. The number of likely N-dealkylation sites (N-methyl/N-ethyl adjacent to an activating group) is 1. The van der Waals surface area contributed by atoms with Crippen molar-refractivity contribution in [2.45, 2.75) is 46.1 Å². The van der Waals surface area contributed by atoms with Crippen LogP contribution < -0.4 is 5.32 Å². The molecule has 98 valence electrons. The van der Waals surface area contributed by atoms with Crippen LogP contribution in [0.1, 0.15) is 40.5 Å². The van der Waals surface area contributed by atoms with Gasteiger partial charge >= 0.3 is 0 Å². The smallest absolute Gasteiger partial charge is 0.0833 e. The van der Waals surface area contributed by atoms with Crippen LogP contribution in [0.5, 0.6) is 0 Å². The summed E-state index contributed by atoms with van der Waals surface area (Å²) in [6, 6.07) is 0. The van der Waals surface area contributed by atoms with Crippen LogP contribution in [-0.2, 0) is 4.74 Å². The molecule has 0 radical (unpaired) electrons. The lowest BCUT2D eigenvalue weighted by atomic mass is 9.90. The molecule has 0 aliphatic carbocycles. The molecule has 2 saturated heterocycles. The third-order valence-corrected chi connectivity index (χ3v) is 2.95. The van der Waals surface area contributed by atoms with Crippen molar-refractivity contribution in [3.8, 4) is 0 Å². The fraction of sp³-hybridized carbons (Fsp3) is 1.00. The van der Waals surface area contributed by atoms with Crippen LogP contribution in [0.3, 0.4) is 0 Å². The lowest BCUT2D eigenvalue weighted by molar-refractivity contribution is -0.117. The standard InChI is InChI=1S/C9H18N2O.2C2H6/c1-11-6-7-12-9(8-11)2-4-10-5-3-9;2*1-2/h10H,2-8H2,1H3;2*1-2H3. The monoisotopic (exact) mass is 230 g/mol. The molecular formula is C13H30N2O. The van der Waals surface area contributed by atoms with Gasteiger partial charge in [0, 0.05) is 13.1 Å². The number of nitrogens with one attached hydrogen (secondary N) is 1. The fourth-order valence-corrected chi connectivity index (χ4v) is 2.22. The predicted molar refractivity (Wildman–Crippen MR) is 71.0 cm³/mol. The molecule has 3 heteroatoms. The molecule has 16 heavy (non-hydrogen) atoms. The summed E-state index contributed by atoms with van der Waals surface area (Å²) in [5.74, 6) is 0. The number of hydrogen-bond donors (Lipinski definition) is 1. The van der Waals surface area contributed by atoms with E-state index in [1.54, 1.807) is 0 Å². The van der Waals surface area contributed by atoms with E-state index in [1.165, 1.54) is 12.8 Å². The first-order valence-electron chi connectivity index (χ1n) is 6.84. The van der Waals surface area contributed by atoms with Crippen LogP contribution in [0, 0.1) is 0 Å². The Labute approximate surface area is 102 Å². The summed E-state index contributed by atoms with van der Waals surface area (Å²) in [4.78, 5) is 2.38. The average Bonchev–Trinajstić information content (AvgIpc) is 2.35. The highest BCUT2D eigenvalue weighted by atomic mass is 16.5. The quantitative estimate of drug-likeness (QED) is 0.690. The minimum absolute atomic E-state index is 0.193. The van der Waals surface area contributed by atoms with Crippen molar-refractivity contribution < 1.29 is 4.74 Å². The normalized spacial score (nSPS) is 23.8. The zero-order chi connectivity index (χ0) is 12.4. The molecule has 0 atom stereocenters. The van der Waals surface area contributed by atoms with E-state index in [0.29, 0.717) is 0 Å². The van der Waals surface area contributed by atoms with Crippen molar-refractivity contribution in [1.29, 1.82) is 0 Å². The van der Waals surface area contributed by atoms with Gasteiger partial charge in [-0.1, -0.05) is 27.7 Å². The van der Waals surface area contributed by atoms with Gasteiger partial charge in [-0.15, -0.1) is 0 Å². The zero-order valence-corrected chi connectivity index (χ0v) is 11.8. The van der Waals surface area contributed by atoms with Gasteiger partial charge in [0.25, 0.3) is 0 Å². The van der Waals surface area contributed by atoms with Gasteiger partial charge in [0.1, 0.15) is 0 Å². The van der Waals surface area contributed by atoms with Gasteiger partial charge < -0.3 is 15.0 Å². The predicted octanol–water partition coefficient (Wildman–Crippen LogP) is 2.12. The molecule has 0 aromatic carbocycles. The van der Waals surface area contributed by atoms with Gasteiger partial charge in [0.2, 0.25) is 0 Å². The van der Waals surface area contributed by atoms with Gasteiger partial charge in [-0.25, -0.2) is 0 Å². The van der Waals surface area contributed by atoms with Gasteiger partial charge in [-0.05, 0) is 33.0 Å². The van der Waals surface area contributed by atoms with E-state index >= 15 is 0 Å². The molecule has 0 amide bonds. The maximum atomic E-state index is 5.90. The van der Waals surface area contributed by atoms with E-state index < -0.39 is 0 Å². The van der Waals surface area contributed by atoms with E-state index in [-0.39, 0.29) is 5.60 Å². The highest BCUT2D eigenvalue weighted by molar-refractivity contribution is 4.90. The zero-order valence-electron chi connectivity index (χ0n) is 11.8. The van der Waals surface area contributed by atoms with E-state index in [1.807, 2.05) is 27.7 Å². The van der Waals surface area contributed by atoms with Crippen molar-refractivity contribution in [1.82, 2.24) is 10.2 Å². The summed E-state index contributed by atoms with van der Waals surface area (Å²) in [6.07, 6.45) is 2.36. The van der Waals surface area contributed by atoms with Crippen LogP contribution in [0.2, 0.25) is 0 Å². The highest BCUT2D eigenvalue weighted by Crippen LogP contribution is 2.26. The molecule has 2 fully saturated rings. The molecule has 2 rings (SSSR count). The average molecular weight is 230 g/mol. The number of rotatable bonds is 0. The third kappa shape index (κ3) is 4.81. The Morgan fingerprint density at radius 3 is 2.12 bits per heavy atom. The first-order chi connectivity index (χ1) is 7.81. The maximum absolute atomic E-state index is 5.90. The SMILES string of the molecule is CC.CC.CN1CCOC2(CCNCC2)C1. The van der Waals surface area contributed by atoms with Crippen molar-refractivity contribution in [3.05, 3.63) is 0 Å². The van der Waals surface area contributed by atoms with Crippen LogP contribution in [0.4, 0.5) is 0 Å². The number of nitrogens with zero attached hydrogens (tertiary/aromatic N) is 1. The maximum Gasteiger partial charge on any atom is 0.0833 e. The van der Waals surface area contributed by atoms with Crippen molar-refractivity contribution in [3.63, 3.8) is 0 Å². The molecule has 1 N–H and O–H groups in total. The van der Waals surface area contributed by atoms with Gasteiger partial charge in [-0.3, -0.25) is 0 Å². The molecule has 0 saturated carbocycles. The Bertz CT molecular complexity index is 151. The number of piperidine rings is 1. The summed E-state index contributed by atoms with van der Waals surface area (Å²) >= 11 is 0. The van der Waals surface area contributed by atoms with Crippen LogP contribution in [0.25, 0.3) is 0 Å². The molecular weight excluding hydrogens is 200 g/mol. The summed E-state index contributed by atoms with van der Waals surface area (Å²) < 4.78 is 5.90. The largest absolute Gasteiger partial charge is 0.372 e. The Balaban J connectivity index is 0.000000509. The first kappa shape index (κ1) is 15.9. The molecule has 0 unspecified atom stereocenters. The van der Waals surface area contributed by atoms with E-state index in [4.69, 9.17) is 4.74 Å². The molecule has 0 aromatic rings. The lowest BCUT2D eigenvalue weighted by Gasteiger charge is -2.44. The molecule has 3 nitrogen and oxygen atoms in total. The Morgan fingerprint density at radius 1 is 1.06 bits per heavy atom. The molecule has 0 aromatic heterocycles. The topological polar surface area (TPSA) is 24.5 Å². The van der Waals surface area contributed by atoms with Crippen LogP contribution >= 0.6 is 0 Å². The summed E-state index contributed by atoms with van der Waals surface area (Å²) in [7, 11) is 2.19. The summed E-state index contributed by atoms with van der Waals surface area (Å²) in [6.45, 7) is 13.4. The third-order valence-electron chi connectivity index (χ3n) is 2.95. The molecule has 2 aliphatic rings. The number of hydrogen-bond acceptors (Lipinski definition) is 3. The van der Waals surface area contributed by atoms with Crippen LogP contribution in [-0.4, -0.2) is 50.3 Å². The summed E-state index contributed by atoms with van der Waals surface area (Å²) in [5.41, 5.74) is 0.193. The van der Waals surface area contributed by atoms with Crippen molar-refractivity contribution in [2.24, 2.45) is 0 Å². The van der Waals surface area contributed by atoms with Gasteiger partial charge in [0.05, 0.1) is 12.2 Å². The Hall–Kier alpha value is -0.120. The first-order valence-corrected chi connectivity index (χ1v) is 6.84. The second kappa shape index (κ2) is 8.97. The molecule has 1 spiro atoms. The Kier molecular flexibility index (Phi) is 8.90. The minimum Gasteiger partial charge on any atom is -0.372 e. The number of ether oxygens (including phenoxy) is 1. The summed E-state index contributed by atoms with van der Waals surface area (Å²) in [5, 5.41) is 3.37. The van der Waals surface area contributed by atoms with Crippen LogP contribution in [0.15, 0.2) is 0 Å². The van der Waals surface area contributed by atoms with Crippen molar-refractivity contribution >= 4 is 0 Å². The van der Waals surface area contributed by atoms with E-state index in [9.17, 15) is 0 Å². The molecule has 2 aliphatic heterocycles.